The number of anilines is 2. The van der Waals surface area contributed by atoms with E-state index in [-0.39, 0.29) is 22.6 Å². The lowest BCUT2D eigenvalue weighted by Gasteiger charge is -2.08. The lowest BCUT2D eigenvalue weighted by Crippen LogP contribution is -2.02. The summed E-state index contributed by atoms with van der Waals surface area (Å²) in [5.74, 6) is -3.45. The normalized spacial score (nSPS) is 10.2. The molecular weight excluding hydrogens is 286 g/mol. The van der Waals surface area contributed by atoms with Crippen LogP contribution >= 0.6 is 0 Å². The van der Waals surface area contributed by atoms with Gasteiger partial charge in [-0.15, -0.1) is 0 Å². The number of nitro benzene ring substituents is 1. The summed E-state index contributed by atoms with van der Waals surface area (Å²) in [5, 5.41) is 22.3. The van der Waals surface area contributed by atoms with Gasteiger partial charge in [0.1, 0.15) is 5.69 Å². The van der Waals surface area contributed by atoms with Crippen molar-refractivity contribution in [2.24, 2.45) is 0 Å². The van der Waals surface area contributed by atoms with Gasteiger partial charge in [-0.25, -0.2) is 13.6 Å². The number of carboxylic acids is 1. The van der Waals surface area contributed by atoms with Crippen molar-refractivity contribution >= 4 is 23.0 Å². The molecule has 0 saturated heterocycles. The zero-order chi connectivity index (χ0) is 15.6. The molecule has 0 radical (unpaired) electrons. The molecule has 21 heavy (non-hydrogen) atoms. The molecule has 0 heterocycles. The highest BCUT2D eigenvalue weighted by molar-refractivity contribution is 5.90. The molecule has 108 valence electrons. The van der Waals surface area contributed by atoms with Crippen molar-refractivity contribution in [2.45, 2.75) is 0 Å². The molecule has 0 spiro atoms. The second kappa shape index (κ2) is 5.53. The summed E-state index contributed by atoms with van der Waals surface area (Å²) in [7, 11) is 0. The summed E-state index contributed by atoms with van der Waals surface area (Å²) in [6, 6.07) is 5.98. The number of nitrogens with one attached hydrogen (secondary N) is 1. The van der Waals surface area contributed by atoms with Crippen LogP contribution in [-0.4, -0.2) is 16.0 Å². The lowest BCUT2D eigenvalue weighted by atomic mass is 10.1. The molecule has 2 rings (SSSR count). The van der Waals surface area contributed by atoms with Crippen LogP contribution in [0.15, 0.2) is 36.4 Å². The molecule has 0 aliphatic heterocycles. The van der Waals surface area contributed by atoms with Crippen LogP contribution in [0.5, 0.6) is 0 Å². The highest BCUT2D eigenvalue weighted by Crippen LogP contribution is 2.29. The second-order valence-electron chi connectivity index (χ2n) is 4.05. The third-order valence-electron chi connectivity index (χ3n) is 2.64. The van der Waals surface area contributed by atoms with Gasteiger partial charge in [0.25, 0.3) is 5.69 Å². The van der Waals surface area contributed by atoms with Crippen LogP contribution in [0.3, 0.4) is 0 Å². The first-order valence-electron chi connectivity index (χ1n) is 5.62. The van der Waals surface area contributed by atoms with E-state index in [0.717, 1.165) is 30.3 Å². The van der Waals surface area contributed by atoms with E-state index >= 15 is 0 Å². The summed E-state index contributed by atoms with van der Waals surface area (Å²) in [4.78, 5) is 21.1. The van der Waals surface area contributed by atoms with Crippen LogP contribution in [0.4, 0.5) is 25.8 Å². The first-order valence-corrected chi connectivity index (χ1v) is 5.62. The number of rotatable bonds is 4. The Morgan fingerprint density at radius 2 is 1.86 bits per heavy atom. The average molecular weight is 294 g/mol. The molecule has 0 saturated carbocycles. The van der Waals surface area contributed by atoms with Crippen molar-refractivity contribution in [3.63, 3.8) is 0 Å². The number of hydrogen-bond acceptors (Lipinski definition) is 4. The Morgan fingerprint density at radius 1 is 1.14 bits per heavy atom. The number of hydrogen-bond donors (Lipinski definition) is 2. The highest BCUT2D eigenvalue weighted by atomic mass is 19.2. The molecule has 0 atom stereocenters. The van der Waals surface area contributed by atoms with Gasteiger partial charge in [-0.2, -0.15) is 0 Å². The summed E-state index contributed by atoms with van der Waals surface area (Å²) < 4.78 is 25.9. The summed E-state index contributed by atoms with van der Waals surface area (Å²) in [6.45, 7) is 0. The Hall–Kier alpha value is -3.03. The minimum Gasteiger partial charge on any atom is -0.478 e. The Kier molecular flexibility index (Phi) is 3.79. The fourth-order valence-corrected chi connectivity index (χ4v) is 1.66. The van der Waals surface area contributed by atoms with Crippen molar-refractivity contribution in [3.8, 4) is 0 Å². The predicted octanol–water partition coefficient (Wildman–Crippen LogP) is 3.31. The maximum absolute atomic E-state index is 13.1. The number of aromatic carboxylic acids is 1. The number of carbonyl (C=O) groups is 1. The monoisotopic (exact) mass is 294 g/mol. The SMILES string of the molecule is O=C(O)c1ccc([N+](=O)[O-])c(Nc2ccc(F)c(F)c2)c1. The number of nitrogens with zero attached hydrogens (tertiary/aromatic N) is 1. The van der Waals surface area contributed by atoms with Gasteiger partial charge in [0.15, 0.2) is 11.6 Å². The first-order chi connectivity index (χ1) is 9.88. The number of benzene rings is 2. The maximum Gasteiger partial charge on any atom is 0.335 e. The minimum atomic E-state index is -1.27. The summed E-state index contributed by atoms with van der Waals surface area (Å²) in [6.07, 6.45) is 0. The van der Waals surface area contributed by atoms with Gasteiger partial charge in [-0.3, -0.25) is 10.1 Å². The van der Waals surface area contributed by atoms with Crippen LogP contribution in [0.25, 0.3) is 0 Å². The fourth-order valence-electron chi connectivity index (χ4n) is 1.66. The number of halogens is 2. The molecule has 0 fully saturated rings. The molecule has 0 amide bonds. The van der Waals surface area contributed by atoms with E-state index in [1.54, 1.807) is 0 Å². The van der Waals surface area contributed by atoms with E-state index in [1.165, 1.54) is 6.07 Å². The molecule has 0 aliphatic rings. The third kappa shape index (κ3) is 3.11. The standard InChI is InChI=1S/C13H8F2N2O4/c14-9-3-2-8(6-10(9)15)16-11-5-7(13(18)19)1-4-12(11)17(20)21/h1-6,16H,(H,18,19). The molecule has 2 N–H and O–H groups in total. The smallest absolute Gasteiger partial charge is 0.335 e. The van der Waals surface area contributed by atoms with E-state index in [2.05, 4.69) is 5.32 Å². The van der Waals surface area contributed by atoms with E-state index in [9.17, 15) is 23.7 Å². The van der Waals surface area contributed by atoms with E-state index in [1.807, 2.05) is 0 Å². The average Bonchev–Trinajstić information content (AvgIpc) is 2.42. The first kappa shape index (κ1) is 14.4. The zero-order valence-corrected chi connectivity index (χ0v) is 10.3. The predicted molar refractivity (Wildman–Crippen MR) is 69.7 cm³/mol. The number of carboxylic acid groups (broad SMARTS) is 1. The van der Waals surface area contributed by atoms with Crippen LogP contribution in [0.1, 0.15) is 10.4 Å². The van der Waals surface area contributed by atoms with Crippen molar-refractivity contribution < 1.29 is 23.6 Å². The van der Waals surface area contributed by atoms with Gasteiger partial charge >= 0.3 is 5.97 Å². The summed E-state index contributed by atoms with van der Waals surface area (Å²) in [5.41, 5.74) is -0.638. The Bertz CT molecular complexity index is 734. The maximum atomic E-state index is 13.1. The lowest BCUT2D eigenvalue weighted by molar-refractivity contribution is -0.383. The van der Waals surface area contributed by atoms with E-state index < -0.39 is 22.5 Å². The van der Waals surface area contributed by atoms with Gasteiger partial charge < -0.3 is 10.4 Å². The Morgan fingerprint density at radius 3 is 2.43 bits per heavy atom. The molecular formula is C13H8F2N2O4. The molecule has 0 unspecified atom stereocenters. The molecule has 0 aliphatic carbocycles. The number of nitro groups is 1. The fraction of sp³-hybridized carbons (Fsp3) is 0. The second-order valence-corrected chi connectivity index (χ2v) is 4.05. The van der Waals surface area contributed by atoms with Crippen molar-refractivity contribution in [3.05, 3.63) is 63.7 Å². The Labute approximate surface area is 116 Å². The molecule has 2 aromatic rings. The van der Waals surface area contributed by atoms with Gasteiger partial charge in [-0.05, 0) is 24.3 Å². The van der Waals surface area contributed by atoms with Crippen molar-refractivity contribution in [2.75, 3.05) is 5.32 Å². The molecule has 6 nitrogen and oxygen atoms in total. The van der Waals surface area contributed by atoms with Gasteiger partial charge in [0, 0.05) is 17.8 Å². The van der Waals surface area contributed by atoms with Gasteiger partial charge in [0.05, 0.1) is 10.5 Å². The molecule has 0 bridgehead atoms. The van der Waals surface area contributed by atoms with Crippen molar-refractivity contribution in [1.82, 2.24) is 0 Å². The third-order valence-corrected chi connectivity index (χ3v) is 2.64. The topological polar surface area (TPSA) is 92.5 Å². The zero-order valence-electron chi connectivity index (χ0n) is 10.3. The van der Waals surface area contributed by atoms with Crippen LogP contribution in [0, 0.1) is 21.7 Å². The molecule has 2 aromatic carbocycles. The minimum absolute atomic E-state index is 0.0551. The van der Waals surface area contributed by atoms with Crippen LogP contribution < -0.4 is 5.32 Å². The van der Waals surface area contributed by atoms with Crippen LogP contribution in [0.2, 0.25) is 0 Å². The molecule has 8 heteroatoms. The van der Waals surface area contributed by atoms with Crippen LogP contribution in [-0.2, 0) is 0 Å². The largest absolute Gasteiger partial charge is 0.478 e. The van der Waals surface area contributed by atoms with Gasteiger partial charge in [0.2, 0.25) is 0 Å². The van der Waals surface area contributed by atoms with E-state index in [0.29, 0.717) is 0 Å². The quantitative estimate of drug-likeness (QED) is 0.666. The molecule has 0 aromatic heterocycles. The van der Waals surface area contributed by atoms with Gasteiger partial charge in [-0.1, -0.05) is 0 Å². The van der Waals surface area contributed by atoms with Crippen molar-refractivity contribution in [1.29, 1.82) is 0 Å². The summed E-state index contributed by atoms with van der Waals surface area (Å²) >= 11 is 0. The highest BCUT2D eigenvalue weighted by Gasteiger charge is 2.17. The Balaban J connectivity index is 2.45. The van der Waals surface area contributed by atoms with E-state index in [4.69, 9.17) is 5.11 Å².